The van der Waals surface area contributed by atoms with E-state index in [9.17, 15) is 4.79 Å². The van der Waals surface area contributed by atoms with Crippen molar-refractivity contribution >= 4 is 11.5 Å². The van der Waals surface area contributed by atoms with E-state index < -0.39 is 0 Å². The fourth-order valence-corrected chi connectivity index (χ4v) is 1.56. The molecule has 0 radical (unpaired) electrons. The van der Waals surface area contributed by atoms with Gasteiger partial charge < -0.3 is 14.4 Å². The van der Waals surface area contributed by atoms with Crippen molar-refractivity contribution in [2.75, 3.05) is 27.3 Å². The minimum atomic E-state index is -0.369. The van der Waals surface area contributed by atoms with Crippen molar-refractivity contribution in [3.63, 3.8) is 0 Å². The number of rotatable bonds is 6. The zero-order chi connectivity index (χ0) is 15.0. The van der Waals surface area contributed by atoms with Crippen LogP contribution in [0.2, 0.25) is 0 Å². The molecule has 0 aliphatic carbocycles. The molecule has 0 aliphatic rings. The van der Waals surface area contributed by atoms with Crippen LogP contribution in [0.15, 0.2) is 30.5 Å². The van der Waals surface area contributed by atoms with Gasteiger partial charge in [0, 0.05) is 20.3 Å². The van der Waals surface area contributed by atoms with E-state index in [0.29, 0.717) is 17.9 Å². The summed E-state index contributed by atoms with van der Waals surface area (Å²) in [4.78, 5) is 13.7. The Hall–Kier alpha value is -2.48. The molecule has 106 valence electrons. The zero-order valence-corrected chi connectivity index (χ0v) is 11.9. The third kappa shape index (κ3) is 4.65. The maximum absolute atomic E-state index is 11.9. The second-order valence-electron chi connectivity index (χ2n) is 4.20. The highest BCUT2D eigenvalue weighted by atomic mass is 16.5. The van der Waals surface area contributed by atoms with Gasteiger partial charge in [0.25, 0.3) is 0 Å². The van der Waals surface area contributed by atoms with Crippen LogP contribution < -0.4 is 4.74 Å². The van der Waals surface area contributed by atoms with Crippen LogP contribution in [0, 0.1) is 11.3 Å². The molecule has 20 heavy (non-hydrogen) atoms. The quantitative estimate of drug-likeness (QED) is 0.587. The van der Waals surface area contributed by atoms with Gasteiger partial charge in [-0.3, -0.25) is 0 Å². The normalized spacial score (nSPS) is 10.6. The van der Waals surface area contributed by atoms with Crippen LogP contribution in [0.25, 0.3) is 5.57 Å². The standard InChI is InChI=1S/C15H18N2O3/c1-4-19-15(18)14(11-17(2)3)12-5-7-13(8-6-12)20-10-9-16/h5-8,11H,4,10H2,1-3H3. The Labute approximate surface area is 119 Å². The Morgan fingerprint density at radius 3 is 2.50 bits per heavy atom. The van der Waals surface area contributed by atoms with Gasteiger partial charge in [-0.05, 0) is 24.6 Å². The average molecular weight is 274 g/mol. The molecule has 0 aliphatic heterocycles. The van der Waals surface area contributed by atoms with Crippen LogP contribution in [-0.2, 0) is 9.53 Å². The fourth-order valence-electron chi connectivity index (χ4n) is 1.56. The lowest BCUT2D eigenvalue weighted by Crippen LogP contribution is -2.11. The first-order valence-corrected chi connectivity index (χ1v) is 6.24. The van der Waals surface area contributed by atoms with Gasteiger partial charge in [0.2, 0.25) is 0 Å². The molecule has 0 unspecified atom stereocenters. The van der Waals surface area contributed by atoms with Crippen molar-refractivity contribution in [3.05, 3.63) is 36.0 Å². The van der Waals surface area contributed by atoms with Crippen molar-refractivity contribution in [1.82, 2.24) is 4.90 Å². The summed E-state index contributed by atoms with van der Waals surface area (Å²) >= 11 is 0. The van der Waals surface area contributed by atoms with E-state index in [0.717, 1.165) is 5.56 Å². The SMILES string of the molecule is CCOC(=O)C(=CN(C)C)c1ccc(OCC#N)cc1. The lowest BCUT2D eigenvalue weighted by atomic mass is 10.1. The van der Waals surface area contributed by atoms with Gasteiger partial charge in [0.05, 0.1) is 12.2 Å². The Kier molecular flexibility index (Phi) is 6.11. The van der Waals surface area contributed by atoms with Crippen molar-refractivity contribution in [2.24, 2.45) is 0 Å². The fraction of sp³-hybridized carbons (Fsp3) is 0.333. The first-order chi connectivity index (χ1) is 9.58. The first-order valence-electron chi connectivity index (χ1n) is 6.24. The van der Waals surface area contributed by atoms with Crippen LogP contribution in [0.4, 0.5) is 0 Å². The highest BCUT2D eigenvalue weighted by Gasteiger charge is 2.13. The summed E-state index contributed by atoms with van der Waals surface area (Å²) in [5.41, 5.74) is 1.21. The molecular weight excluding hydrogens is 256 g/mol. The number of nitrogens with zero attached hydrogens (tertiary/aromatic N) is 2. The largest absolute Gasteiger partial charge is 0.479 e. The number of carbonyl (C=O) groups is 1. The number of carbonyl (C=O) groups excluding carboxylic acids is 1. The number of ether oxygens (including phenoxy) is 2. The number of esters is 1. The molecule has 0 spiro atoms. The van der Waals surface area contributed by atoms with E-state index in [-0.39, 0.29) is 12.6 Å². The molecule has 0 heterocycles. The van der Waals surface area contributed by atoms with Crippen LogP contribution in [0.1, 0.15) is 12.5 Å². The van der Waals surface area contributed by atoms with Gasteiger partial charge in [0.15, 0.2) is 6.61 Å². The third-order valence-electron chi connectivity index (χ3n) is 2.35. The van der Waals surface area contributed by atoms with Crippen molar-refractivity contribution < 1.29 is 14.3 Å². The van der Waals surface area contributed by atoms with Crippen LogP contribution in [0.3, 0.4) is 0 Å². The summed E-state index contributed by atoms with van der Waals surface area (Å²) < 4.78 is 10.2. The first kappa shape index (κ1) is 15.6. The molecule has 1 aromatic rings. The summed E-state index contributed by atoms with van der Waals surface area (Å²) in [6.45, 7) is 2.09. The molecule has 0 aromatic heterocycles. The van der Waals surface area contributed by atoms with E-state index in [1.165, 1.54) is 0 Å². The number of benzene rings is 1. The van der Waals surface area contributed by atoms with E-state index in [4.69, 9.17) is 14.7 Å². The summed E-state index contributed by atoms with van der Waals surface area (Å²) in [5.74, 6) is 0.218. The average Bonchev–Trinajstić information content (AvgIpc) is 2.43. The Balaban J connectivity index is 2.97. The van der Waals surface area contributed by atoms with Gasteiger partial charge in [-0.2, -0.15) is 5.26 Å². The van der Waals surface area contributed by atoms with Gasteiger partial charge >= 0.3 is 5.97 Å². The third-order valence-corrected chi connectivity index (χ3v) is 2.35. The zero-order valence-electron chi connectivity index (χ0n) is 11.9. The van der Waals surface area contributed by atoms with Gasteiger partial charge in [0.1, 0.15) is 11.8 Å². The predicted molar refractivity (Wildman–Crippen MR) is 75.8 cm³/mol. The van der Waals surface area contributed by atoms with Crippen molar-refractivity contribution in [2.45, 2.75) is 6.92 Å². The van der Waals surface area contributed by atoms with Crippen molar-refractivity contribution in [1.29, 1.82) is 5.26 Å². The van der Waals surface area contributed by atoms with E-state index in [2.05, 4.69) is 0 Å². The second-order valence-corrected chi connectivity index (χ2v) is 4.20. The second kappa shape index (κ2) is 7.85. The number of hydrogen-bond donors (Lipinski definition) is 0. The lowest BCUT2D eigenvalue weighted by molar-refractivity contribution is -0.136. The molecule has 1 rings (SSSR count). The Morgan fingerprint density at radius 1 is 1.35 bits per heavy atom. The monoisotopic (exact) mass is 274 g/mol. The molecule has 0 saturated carbocycles. The molecule has 0 saturated heterocycles. The minimum absolute atomic E-state index is 0.00236. The van der Waals surface area contributed by atoms with Gasteiger partial charge in [-0.15, -0.1) is 0 Å². The summed E-state index contributed by atoms with van der Waals surface area (Å²) in [6, 6.07) is 8.86. The highest BCUT2D eigenvalue weighted by Crippen LogP contribution is 2.20. The molecule has 5 heteroatoms. The van der Waals surface area contributed by atoms with Crippen LogP contribution >= 0.6 is 0 Å². The summed E-state index contributed by atoms with van der Waals surface area (Å²) in [6.07, 6.45) is 1.71. The van der Waals surface area contributed by atoms with E-state index in [1.807, 2.05) is 20.2 Å². The molecule has 1 aromatic carbocycles. The smallest absolute Gasteiger partial charge is 0.340 e. The highest BCUT2D eigenvalue weighted by molar-refractivity contribution is 6.16. The maximum atomic E-state index is 11.9. The van der Waals surface area contributed by atoms with Crippen LogP contribution in [-0.4, -0.2) is 38.2 Å². The minimum Gasteiger partial charge on any atom is -0.479 e. The molecule has 0 fully saturated rings. The lowest BCUT2D eigenvalue weighted by Gasteiger charge is -2.12. The molecule has 5 nitrogen and oxygen atoms in total. The van der Waals surface area contributed by atoms with Crippen molar-refractivity contribution in [3.8, 4) is 11.8 Å². The number of hydrogen-bond acceptors (Lipinski definition) is 5. The Bertz CT molecular complexity index is 513. The molecule has 0 N–H and O–H groups in total. The van der Waals surface area contributed by atoms with E-state index >= 15 is 0 Å². The van der Waals surface area contributed by atoms with Gasteiger partial charge in [-0.1, -0.05) is 12.1 Å². The van der Waals surface area contributed by atoms with E-state index in [1.54, 1.807) is 42.3 Å². The van der Waals surface area contributed by atoms with Crippen LogP contribution in [0.5, 0.6) is 5.75 Å². The summed E-state index contributed by atoms with van der Waals surface area (Å²) in [5, 5.41) is 8.45. The molecule has 0 bridgehead atoms. The molecular formula is C15H18N2O3. The number of nitriles is 1. The van der Waals surface area contributed by atoms with Gasteiger partial charge in [-0.25, -0.2) is 4.79 Å². The maximum Gasteiger partial charge on any atom is 0.340 e. The predicted octanol–water partition coefficient (Wildman–Crippen LogP) is 2.05. The summed E-state index contributed by atoms with van der Waals surface area (Å²) in [7, 11) is 3.67. The molecule has 0 amide bonds. The Morgan fingerprint density at radius 2 is 2.00 bits per heavy atom. The molecule has 0 atom stereocenters. The topological polar surface area (TPSA) is 62.6 Å².